The van der Waals surface area contributed by atoms with Crippen LogP contribution in [0.3, 0.4) is 0 Å². The van der Waals surface area contributed by atoms with Gasteiger partial charge >= 0.3 is 6.03 Å². The Bertz CT molecular complexity index is 630. The summed E-state index contributed by atoms with van der Waals surface area (Å²) in [6.07, 6.45) is 4.45. The molecule has 1 fully saturated rings. The smallest absolute Gasteiger partial charge is 0.315 e. The average Bonchev–Trinajstić information content (AvgIpc) is 3.26. The molecule has 128 valence electrons. The molecule has 0 spiro atoms. The molecule has 2 amide bonds. The predicted octanol–water partition coefficient (Wildman–Crippen LogP) is 2.35. The number of hydrogen-bond acceptors (Lipinski definition) is 3. The molecule has 2 aromatic rings. The van der Waals surface area contributed by atoms with Crippen LogP contribution < -0.4 is 10.6 Å². The number of rotatable bonds is 6. The number of benzene rings is 1. The van der Waals surface area contributed by atoms with Crippen LogP contribution in [0, 0.1) is 5.92 Å². The predicted molar refractivity (Wildman–Crippen MR) is 91.5 cm³/mol. The first-order chi connectivity index (χ1) is 11.7. The molecule has 1 aliphatic heterocycles. The van der Waals surface area contributed by atoms with Gasteiger partial charge in [0.25, 0.3) is 0 Å². The van der Waals surface area contributed by atoms with E-state index in [2.05, 4.69) is 22.7 Å². The number of amides is 2. The summed E-state index contributed by atoms with van der Waals surface area (Å²) in [6.45, 7) is 4.15. The summed E-state index contributed by atoms with van der Waals surface area (Å²) >= 11 is 0. The van der Waals surface area contributed by atoms with E-state index in [9.17, 15) is 4.79 Å². The van der Waals surface area contributed by atoms with Crippen LogP contribution in [0.15, 0.2) is 48.8 Å². The van der Waals surface area contributed by atoms with Gasteiger partial charge in [-0.1, -0.05) is 37.3 Å². The number of hydrogen-bond donors (Lipinski definition) is 2. The molecule has 1 saturated heterocycles. The number of nitrogens with one attached hydrogen (secondary N) is 2. The minimum Gasteiger partial charge on any atom is -0.371 e. The van der Waals surface area contributed by atoms with E-state index >= 15 is 0 Å². The van der Waals surface area contributed by atoms with Crippen LogP contribution in [0.4, 0.5) is 4.79 Å². The van der Waals surface area contributed by atoms with Gasteiger partial charge in [-0.2, -0.15) is 5.10 Å². The van der Waals surface area contributed by atoms with Crippen LogP contribution in [-0.4, -0.2) is 35.0 Å². The van der Waals surface area contributed by atoms with Crippen molar-refractivity contribution in [3.05, 3.63) is 54.4 Å². The molecule has 2 N–H and O–H groups in total. The van der Waals surface area contributed by atoms with Gasteiger partial charge in [-0.25, -0.2) is 4.79 Å². The van der Waals surface area contributed by atoms with Crippen molar-refractivity contribution < 1.29 is 9.53 Å². The topological polar surface area (TPSA) is 68.2 Å². The van der Waals surface area contributed by atoms with Gasteiger partial charge in [0.05, 0.1) is 6.04 Å². The molecule has 0 radical (unpaired) electrons. The van der Waals surface area contributed by atoms with E-state index in [0.29, 0.717) is 19.1 Å². The van der Waals surface area contributed by atoms with E-state index < -0.39 is 0 Å². The summed E-state index contributed by atoms with van der Waals surface area (Å²) < 4.78 is 7.67. The maximum absolute atomic E-state index is 12.2. The van der Waals surface area contributed by atoms with Crippen molar-refractivity contribution in [3.63, 3.8) is 0 Å². The lowest BCUT2D eigenvalue weighted by molar-refractivity contribution is 0.0999. The Morgan fingerprint density at radius 2 is 2.21 bits per heavy atom. The molecule has 3 atom stereocenters. The first kappa shape index (κ1) is 16.5. The summed E-state index contributed by atoms with van der Waals surface area (Å²) in [5.74, 6) is 0.306. The Labute approximate surface area is 142 Å². The number of carbonyl (C=O) groups excluding carboxylic acids is 1. The normalized spacial score (nSPS) is 21.4. The van der Waals surface area contributed by atoms with Crippen molar-refractivity contribution in [1.82, 2.24) is 20.4 Å². The van der Waals surface area contributed by atoms with Gasteiger partial charge in [-0.05, 0) is 24.0 Å². The zero-order valence-electron chi connectivity index (χ0n) is 13.9. The van der Waals surface area contributed by atoms with E-state index in [1.807, 2.05) is 47.3 Å². The molecule has 24 heavy (non-hydrogen) atoms. The minimum absolute atomic E-state index is 0.00817. The maximum atomic E-state index is 12.2. The lowest BCUT2D eigenvalue weighted by Crippen LogP contribution is -2.44. The third-order valence-electron chi connectivity index (χ3n) is 4.21. The highest BCUT2D eigenvalue weighted by Gasteiger charge is 2.30. The van der Waals surface area contributed by atoms with Crippen LogP contribution in [0.2, 0.25) is 0 Å². The van der Waals surface area contributed by atoms with Crippen molar-refractivity contribution in [2.24, 2.45) is 5.92 Å². The number of carbonyl (C=O) groups is 1. The molecule has 6 nitrogen and oxygen atoms in total. The molecule has 0 bridgehead atoms. The number of aromatic nitrogens is 2. The highest BCUT2D eigenvalue weighted by molar-refractivity contribution is 5.74. The van der Waals surface area contributed by atoms with E-state index in [0.717, 1.165) is 18.5 Å². The van der Waals surface area contributed by atoms with Gasteiger partial charge in [-0.15, -0.1) is 0 Å². The minimum atomic E-state index is -0.140. The van der Waals surface area contributed by atoms with Gasteiger partial charge in [0.2, 0.25) is 0 Å². The third-order valence-corrected chi connectivity index (χ3v) is 4.21. The van der Waals surface area contributed by atoms with Crippen molar-refractivity contribution in [2.75, 3.05) is 13.2 Å². The Kier molecular flexibility index (Phi) is 5.48. The van der Waals surface area contributed by atoms with Crippen molar-refractivity contribution in [3.8, 4) is 0 Å². The van der Waals surface area contributed by atoms with Gasteiger partial charge < -0.3 is 15.4 Å². The first-order valence-electron chi connectivity index (χ1n) is 8.40. The van der Waals surface area contributed by atoms with Crippen molar-refractivity contribution in [2.45, 2.75) is 32.0 Å². The fourth-order valence-corrected chi connectivity index (χ4v) is 2.99. The second kappa shape index (κ2) is 7.97. The second-order valence-electron chi connectivity index (χ2n) is 6.28. The van der Waals surface area contributed by atoms with Crippen molar-refractivity contribution in [1.29, 1.82) is 0 Å². The van der Waals surface area contributed by atoms with Gasteiger partial charge in [-0.3, -0.25) is 4.68 Å². The van der Waals surface area contributed by atoms with Crippen LogP contribution in [0.25, 0.3) is 0 Å². The number of urea groups is 1. The summed E-state index contributed by atoms with van der Waals surface area (Å²) in [4.78, 5) is 12.2. The average molecular weight is 328 g/mol. The van der Waals surface area contributed by atoms with E-state index in [-0.39, 0.29) is 18.2 Å². The fourth-order valence-electron chi connectivity index (χ4n) is 2.99. The molecule has 0 saturated carbocycles. The lowest BCUT2D eigenvalue weighted by atomic mass is 10.0. The first-order valence-corrected chi connectivity index (χ1v) is 8.40. The summed E-state index contributed by atoms with van der Waals surface area (Å²) in [5, 5.41) is 10.2. The van der Waals surface area contributed by atoms with Crippen LogP contribution in [0.5, 0.6) is 0 Å². The summed E-state index contributed by atoms with van der Waals surface area (Å²) in [7, 11) is 0. The Morgan fingerprint density at radius 3 is 2.96 bits per heavy atom. The van der Waals surface area contributed by atoms with Gasteiger partial charge in [0, 0.05) is 32.1 Å². The number of ether oxygens (including phenoxy) is 1. The van der Waals surface area contributed by atoms with Crippen LogP contribution >= 0.6 is 0 Å². The van der Waals surface area contributed by atoms with Crippen molar-refractivity contribution >= 4 is 6.03 Å². The molecule has 2 heterocycles. The Balaban J connectivity index is 1.46. The zero-order valence-corrected chi connectivity index (χ0v) is 13.9. The second-order valence-corrected chi connectivity index (χ2v) is 6.28. The molecule has 1 aromatic heterocycles. The van der Waals surface area contributed by atoms with Gasteiger partial charge in [0.1, 0.15) is 6.10 Å². The highest BCUT2D eigenvalue weighted by Crippen LogP contribution is 2.28. The summed E-state index contributed by atoms with van der Waals surface area (Å²) in [6, 6.07) is 11.8. The SMILES string of the molecule is C[C@H](CNC(=O)N[C@@H]1CCO[C@H]1c1ccccc1)Cn1cccn1. The molecule has 1 aliphatic rings. The molecular weight excluding hydrogens is 304 g/mol. The molecule has 0 aliphatic carbocycles. The Hall–Kier alpha value is -2.34. The van der Waals surface area contributed by atoms with Crippen LogP contribution in [-0.2, 0) is 11.3 Å². The number of nitrogens with zero attached hydrogens (tertiary/aromatic N) is 2. The molecule has 3 rings (SSSR count). The largest absolute Gasteiger partial charge is 0.371 e. The molecular formula is C18H24N4O2. The van der Waals surface area contributed by atoms with E-state index in [1.165, 1.54) is 0 Å². The lowest BCUT2D eigenvalue weighted by Gasteiger charge is -2.21. The fraction of sp³-hybridized carbons (Fsp3) is 0.444. The molecule has 6 heteroatoms. The molecule has 0 unspecified atom stereocenters. The van der Waals surface area contributed by atoms with E-state index in [4.69, 9.17) is 4.74 Å². The van der Waals surface area contributed by atoms with E-state index in [1.54, 1.807) is 6.20 Å². The van der Waals surface area contributed by atoms with Crippen LogP contribution in [0.1, 0.15) is 25.0 Å². The monoisotopic (exact) mass is 328 g/mol. The standard InChI is InChI=1S/C18H24N4O2/c1-14(13-22-10-5-9-20-22)12-19-18(23)21-16-8-11-24-17(16)15-6-3-2-4-7-15/h2-7,9-10,14,16-17H,8,11-13H2,1H3,(H2,19,21,23)/t14-,16-,17+/m1/s1. The highest BCUT2D eigenvalue weighted by atomic mass is 16.5. The third kappa shape index (κ3) is 4.35. The van der Waals surface area contributed by atoms with Gasteiger partial charge in [0.15, 0.2) is 0 Å². The maximum Gasteiger partial charge on any atom is 0.315 e. The quantitative estimate of drug-likeness (QED) is 0.855. The zero-order chi connectivity index (χ0) is 16.8. The Morgan fingerprint density at radius 1 is 1.38 bits per heavy atom. The summed E-state index contributed by atoms with van der Waals surface area (Å²) in [5.41, 5.74) is 1.10. The molecule has 1 aromatic carbocycles.